The SMILES string of the molecule is COc1cccc(CNC[C@@H](OC(=O)C(CCSc2ccccc2)OC)[C@@H](N)Cc2ccccc2)c1. The summed E-state index contributed by atoms with van der Waals surface area (Å²) in [4.78, 5) is 14.2. The summed E-state index contributed by atoms with van der Waals surface area (Å²) in [5.74, 6) is 1.16. The van der Waals surface area contributed by atoms with Gasteiger partial charge in [0.15, 0.2) is 6.10 Å². The molecule has 0 heterocycles. The van der Waals surface area contributed by atoms with Gasteiger partial charge in [-0.15, -0.1) is 11.8 Å². The van der Waals surface area contributed by atoms with Crippen LogP contribution in [0, 0.1) is 0 Å². The molecule has 6 nitrogen and oxygen atoms in total. The maximum absolute atomic E-state index is 13.0. The van der Waals surface area contributed by atoms with Crippen LogP contribution in [0.25, 0.3) is 0 Å². The monoisotopic (exact) mass is 508 g/mol. The van der Waals surface area contributed by atoms with Gasteiger partial charge in [0.1, 0.15) is 11.9 Å². The van der Waals surface area contributed by atoms with Crippen LogP contribution in [-0.2, 0) is 27.2 Å². The third-order valence-electron chi connectivity index (χ3n) is 5.81. The summed E-state index contributed by atoms with van der Waals surface area (Å²) in [6.07, 6.45) is -0.0118. The minimum absolute atomic E-state index is 0.370. The van der Waals surface area contributed by atoms with E-state index < -0.39 is 12.2 Å². The van der Waals surface area contributed by atoms with Crippen LogP contribution in [0.15, 0.2) is 89.8 Å². The maximum atomic E-state index is 13.0. The van der Waals surface area contributed by atoms with Crippen molar-refractivity contribution in [2.45, 2.75) is 42.5 Å². The van der Waals surface area contributed by atoms with Crippen LogP contribution in [0.2, 0.25) is 0 Å². The Hall–Kier alpha value is -2.84. The second-order valence-corrected chi connectivity index (χ2v) is 9.65. The number of benzene rings is 3. The number of nitrogens with one attached hydrogen (secondary N) is 1. The number of carbonyl (C=O) groups is 1. The summed E-state index contributed by atoms with van der Waals surface area (Å²) < 4.78 is 16.7. The van der Waals surface area contributed by atoms with Crippen molar-refractivity contribution in [3.05, 3.63) is 96.1 Å². The Morgan fingerprint density at radius 2 is 1.64 bits per heavy atom. The van der Waals surface area contributed by atoms with E-state index in [4.69, 9.17) is 19.9 Å². The summed E-state index contributed by atoms with van der Waals surface area (Å²) in [6, 6.07) is 27.6. The number of hydrogen-bond donors (Lipinski definition) is 2. The molecule has 3 N–H and O–H groups in total. The van der Waals surface area contributed by atoms with Crippen molar-refractivity contribution in [3.63, 3.8) is 0 Å². The molecule has 0 bridgehead atoms. The first-order valence-corrected chi connectivity index (χ1v) is 13.1. The van der Waals surface area contributed by atoms with E-state index >= 15 is 0 Å². The number of ether oxygens (including phenoxy) is 3. The number of carbonyl (C=O) groups excluding carboxylic acids is 1. The molecule has 3 atom stereocenters. The number of hydrogen-bond acceptors (Lipinski definition) is 7. The summed E-state index contributed by atoms with van der Waals surface area (Å²) >= 11 is 1.69. The summed E-state index contributed by atoms with van der Waals surface area (Å²) in [6.45, 7) is 1.02. The average Bonchev–Trinajstić information content (AvgIpc) is 2.91. The van der Waals surface area contributed by atoms with Crippen LogP contribution in [0.5, 0.6) is 5.75 Å². The lowest BCUT2D eigenvalue weighted by molar-refractivity contribution is -0.162. The van der Waals surface area contributed by atoms with E-state index in [-0.39, 0.29) is 12.0 Å². The molecule has 3 rings (SSSR count). The van der Waals surface area contributed by atoms with Gasteiger partial charge in [-0.05, 0) is 48.2 Å². The van der Waals surface area contributed by atoms with E-state index in [1.54, 1.807) is 26.0 Å². The highest BCUT2D eigenvalue weighted by Gasteiger charge is 2.27. The van der Waals surface area contributed by atoms with Gasteiger partial charge in [-0.2, -0.15) is 0 Å². The molecular formula is C29H36N2O4S. The Labute approximate surface area is 218 Å². The normalized spacial score (nSPS) is 13.5. The molecule has 3 aromatic rings. The standard InChI is InChI=1S/C29H36N2O4S/c1-33-24-13-9-12-23(18-24)20-31-21-28(26(30)19-22-10-5-3-6-11-22)35-29(32)27(34-2)16-17-36-25-14-7-4-8-15-25/h3-15,18,26-28,31H,16-17,19-21,30H2,1-2H3/t26-,27?,28+/m0/s1. The molecule has 0 spiro atoms. The van der Waals surface area contributed by atoms with Gasteiger partial charge in [0.25, 0.3) is 0 Å². The van der Waals surface area contributed by atoms with E-state index in [0.29, 0.717) is 25.9 Å². The van der Waals surface area contributed by atoms with Gasteiger partial charge in [-0.1, -0.05) is 60.7 Å². The van der Waals surface area contributed by atoms with Crippen LogP contribution in [-0.4, -0.2) is 50.7 Å². The minimum Gasteiger partial charge on any atom is -0.497 e. The van der Waals surface area contributed by atoms with Gasteiger partial charge in [-0.25, -0.2) is 4.79 Å². The molecule has 36 heavy (non-hydrogen) atoms. The molecule has 0 saturated carbocycles. The molecule has 0 aliphatic carbocycles. The maximum Gasteiger partial charge on any atom is 0.335 e. The first-order chi connectivity index (χ1) is 17.6. The number of rotatable bonds is 15. The molecule has 0 amide bonds. The molecule has 3 aromatic carbocycles. The van der Waals surface area contributed by atoms with E-state index in [1.165, 1.54) is 0 Å². The number of esters is 1. The molecular weight excluding hydrogens is 472 g/mol. The lowest BCUT2D eigenvalue weighted by Crippen LogP contribution is -2.47. The lowest BCUT2D eigenvalue weighted by atomic mass is 10.0. The van der Waals surface area contributed by atoms with E-state index in [1.807, 2.05) is 72.8 Å². The first kappa shape index (κ1) is 27.7. The molecule has 0 radical (unpaired) electrons. The zero-order valence-electron chi connectivity index (χ0n) is 21.0. The van der Waals surface area contributed by atoms with Gasteiger partial charge in [0, 0.05) is 36.9 Å². The van der Waals surface area contributed by atoms with Crippen molar-refractivity contribution in [2.75, 3.05) is 26.5 Å². The third kappa shape index (κ3) is 9.32. The van der Waals surface area contributed by atoms with Gasteiger partial charge in [0.05, 0.1) is 7.11 Å². The van der Waals surface area contributed by atoms with Gasteiger partial charge >= 0.3 is 5.97 Å². The van der Waals surface area contributed by atoms with Gasteiger partial charge in [-0.3, -0.25) is 0 Å². The highest BCUT2D eigenvalue weighted by molar-refractivity contribution is 7.99. The predicted molar refractivity (Wildman–Crippen MR) is 145 cm³/mol. The first-order valence-electron chi connectivity index (χ1n) is 12.1. The van der Waals surface area contributed by atoms with Gasteiger partial charge < -0.3 is 25.3 Å². The van der Waals surface area contributed by atoms with Crippen molar-refractivity contribution >= 4 is 17.7 Å². The zero-order chi connectivity index (χ0) is 25.6. The molecule has 192 valence electrons. The highest BCUT2D eigenvalue weighted by atomic mass is 32.2. The zero-order valence-corrected chi connectivity index (χ0v) is 21.8. The van der Waals surface area contributed by atoms with Crippen LogP contribution in [0.4, 0.5) is 0 Å². The van der Waals surface area contributed by atoms with E-state index in [9.17, 15) is 4.79 Å². The molecule has 0 fully saturated rings. The molecule has 0 aliphatic heterocycles. The molecule has 0 aliphatic rings. The second kappa shape index (κ2) is 15.3. The van der Waals surface area contributed by atoms with Crippen LogP contribution in [0.3, 0.4) is 0 Å². The topological polar surface area (TPSA) is 82.8 Å². The van der Waals surface area contributed by atoms with Crippen LogP contribution < -0.4 is 15.8 Å². The summed E-state index contributed by atoms with van der Waals surface area (Å²) in [5, 5.41) is 3.39. The summed E-state index contributed by atoms with van der Waals surface area (Å²) in [5.41, 5.74) is 8.73. The van der Waals surface area contributed by atoms with Crippen molar-refractivity contribution in [1.82, 2.24) is 5.32 Å². The number of thioether (sulfide) groups is 1. The molecule has 0 aromatic heterocycles. The Balaban J connectivity index is 1.59. The fraction of sp³-hybridized carbons (Fsp3) is 0.345. The molecule has 0 saturated heterocycles. The highest BCUT2D eigenvalue weighted by Crippen LogP contribution is 2.20. The Bertz CT molecular complexity index is 1040. The largest absolute Gasteiger partial charge is 0.497 e. The lowest BCUT2D eigenvalue weighted by Gasteiger charge is -2.26. The average molecular weight is 509 g/mol. The molecule has 7 heteroatoms. The van der Waals surface area contributed by atoms with Gasteiger partial charge in [0.2, 0.25) is 0 Å². The molecule has 1 unspecified atom stereocenters. The van der Waals surface area contributed by atoms with E-state index in [0.717, 1.165) is 27.5 Å². The Morgan fingerprint density at radius 3 is 2.33 bits per heavy atom. The second-order valence-electron chi connectivity index (χ2n) is 8.49. The number of methoxy groups -OCH3 is 2. The van der Waals surface area contributed by atoms with Crippen molar-refractivity contribution in [3.8, 4) is 5.75 Å². The smallest absolute Gasteiger partial charge is 0.335 e. The summed E-state index contributed by atoms with van der Waals surface area (Å²) in [7, 11) is 3.19. The van der Waals surface area contributed by atoms with Crippen LogP contribution in [0.1, 0.15) is 17.5 Å². The van der Waals surface area contributed by atoms with Crippen molar-refractivity contribution in [1.29, 1.82) is 0 Å². The van der Waals surface area contributed by atoms with Crippen molar-refractivity contribution < 1.29 is 19.0 Å². The van der Waals surface area contributed by atoms with E-state index in [2.05, 4.69) is 17.4 Å². The fourth-order valence-electron chi connectivity index (χ4n) is 3.80. The fourth-order valence-corrected chi connectivity index (χ4v) is 4.71. The quantitative estimate of drug-likeness (QED) is 0.232. The predicted octanol–water partition coefficient (Wildman–Crippen LogP) is 4.46. The van der Waals surface area contributed by atoms with Crippen molar-refractivity contribution in [2.24, 2.45) is 5.73 Å². The van der Waals surface area contributed by atoms with Crippen LogP contribution >= 0.6 is 11.8 Å². The Kier molecular flexibility index (Phi) is 11.8. The number of nitrogens with two attached hydrogens (primary N) is 1. The Morgan fingerprint density at radius 1 is 0.944 bits per heavy atom. The minimum atomic E-state index is -0.647. The third-order valence-corrected chi connectivity index (χ3v) is 6.85.